The summed E-state index contributed by atoms with van der Waals surface area (Å²) >= 11 is 0. The van der Waals surface area contributed by atoms with E-state index in [1.807, 2.05) is 84.9 Å². The molecular weight excluding hydrogens is 532 g/mol. The van der Waals surface area contributed by atoms with Gasteiger partial charge in [0.05, 0.1) is 5.69 Å². The number of amides is 1. The molecule has 1 N–H and O–H groups in total. The number of oxazole rings is 1. The van der Waals surface area contributed by atoms with E-state index in [2.05, 4.69) is 48.6 Å². The molecule has 0 spiro atoms. The Morgan fingerprint density at radius 1 is 0.814 bits per heavy atom. The molecule has 0 fully saturated rings. The first kappa shape index (κ1) is 25.3. The molecule has 5 nitrogen and oxygen atoms in total. The molecule has 6 aromatic carbocycles. The first-order chi connectivity index (χ1) is 21.0. The molecule has 1 unspecified atom stereocenters. The van der Waals surface area contributed by atoms with Crippen LogP contribution < -0.4 is 10.1 Å². The number of aromatic nitrogens is 1. The third-order valence-electron chi connectivity index (χ3n) is 8.36. The normalized spacial score (nSPS) is 15.9. The minimum absolute atomic E-state index is 0.166. The van der Waals surface area contributed by atoms with E-state index in [-0.39, 0.29) is 5.91 Å². The fourth-order valence-corrected chi connectivity index (χ4v) is 6.39. The van der Waals surface area contributed by atoms with Crippen molar-refractivity contribution in [2.75, 3.05) is 5.32 Å². The molecule has 2 heterocycles. The molecule has 8 rings (SSSR count). The highest BCUT2D eigenvalue weighted by atomic mass is 16.5. The van der Waals surface area contributed by atoms with E-state index in [9.17, 15) is 4.79 Å². The fraction of sp³-hybridized carbons (Fsp3) is 0.105. The van der Waals surface area contributed by atoms with Gasteiger partial charge in [0, 0.05) is 35.1 Å². The summed E-state index contributed by atoms with van der Waals surface area (Å²) in [6.45, 7) is 2.15. The number of nitrogens with one attached hydrogen (secondary N) is 1. The van der Waals surface area contributed by atoms with Gasteiger partial charge in [-0.15, -0.1) is 0 Å². The van der Waals surface area contributed by atoms with Crippen LogP contribution in [-0.2, 0) is 12.8 Å². The SMILES string of the molecule is CC1(Cc2c3ccccc3cc3nc(-c4ccccc4)oc23)Cc2c(c(NC(=O)c3ccccc3)cc3ccccc23)O1. The van der Waals surface area contributed by atoms with E-state index >= 15 is 0 Å². The molecule has 0 saturated carbocycles. The molecule has 1 aliphatic rings. The number of carbonyl (C=O) groups excluding carboxylic acids is 1. The quantitative estimate of drug-likeness (QED) is 0.228. The third-order valence-corrected chi connectivity index (χ3v) is 8.36. The third kappa shape index (κ3) is 4.41. The summed E-state index contributed by atoms with van der Waals surface area (Å²) in [5.41, 5.74) is 5.40. The van der Waals surface area contributed by atoms with Gasteiger partial charge in [-0.25, -0.2) is 4.98 Å². The minimum Gasteiger partial charge on any atom is -0.484 e. The average Bonchev–Trinajstić information content (AvgIpc) is 3.63. The molecule has 7 aromatic rings. The zero-order valence-electron chi connectivity index (χ0n) is 23.6. The van der Waals surface area contributed by atoms with Crippen LogP contribution in [0.15, 0.2) is 126 Å². The van der Waals surface area contributed by atoms with Gasteiger partial charge in [-0.3, -0.25) is 4.79 Å². The predicted molar refractivity (Wildman–Crippen MR) is 172 cm³/mol. The van der Waals surface area contributed by atoms with Crippen molar-refractivity contribution in [2.45, 2.75) is 25.4 Å². The molecule has 5 heteroatoms. The van der Waals surface area contributed by atoms with Crippen LogP contribution in [-0.4, -0.2) is 16.5 Å². The van der Waals surface area contributed by atoms with Gasteiger partial charge in [0.15, 0.2) is 5.58 Å². The Balaban J connectivity index is 1.23. The minimum atomic E-state index is -0.588. The Morgan fingerprint density at radius 2 is 1.47 bits per heavy atom. The number of anilines is 1. The number of hydrogen-bond acceptors (Lipinski definition) is 4. The van der Waals surface area contributed by atoms with Crippen LogP contribution in [0.25, 0.3) is 44.1 Å². The maximum Gasteiger partial charge on any atom is 0.255 e. The maximum absolute atomic E-state index is 13.2. The van der Waals surface area contributed by atoms with Crippen molar-refractivity contribution in [3.05, 3.63) is 138 Å². The van der Waals surface area contributed by atoms with E-state index < -0.39 is 5.60 Å². The van der Waals surface area contributed by atoms with Crippen LogP contribution >= 0.6 is 0 Å². The Bertz CT molecular complexity index is 2170. The first-order valence-electron chi connectivity index (χ1n) is 14.5. The molecular formula is C38H28N2O3. The second-order valence-corrected chi connectivity index (χ2v) is 11.5. The van der Waals surface area contributed by atoms with Crippen LogP contribution in [0.5, 0.6) is 5.75 Å². The molecule has 43 heavy (non-hydrogen) atoms. The summed E-state index contributed by atoms with van der Waals surface area (Å²) in [7, 11) is 0. The summed E-state index contributed by atoms with van der Waals surface area (Å²) in [6, 6.07) is 40.0. The Hall–Kier alpha value is -5.42. The van der Waals surface area contributed by atoms with Gasteiger partial charge < -0.3 is 14.5 Å². The van der Waals surface area contributed by atoms with Gasteiger partial charge >= 0.3 is 0 Å². The van der Waals surface area contributed by atoms with Crippen molar-refractivity contribution < 1.29 is 13.9 Å². The lowest BCUT2D eigenvalue weighted by atomic mass is 9.87. The highest BCUT2D eigenvalue weighted by molar-refractivity contribution is 6.07. The Kier molecular flexibility index (Phi) is 5.79. The van der Waals surface area contributed by atoms with E-state index in [0.717, 1.165) is 55.1 Å². The Labute approximate surface area is 248 Å². The van der Waals surface area contributed by atoms with Gasteiger partial charge in [-0.1, -0.05) is 84.9 Å². The van der Waals surface area contributed by atoms with Crippen molar-refractivity contribution >= 4 is 44.2 Å². The number of benzene rings is 6. The monoisotopic (exact) mass is 560 g/mol. The number of fused-ring (bicyclic) bond motifs is 5. The molecule has 1 aliphatic heterocycles. The lowest BCUT2D eigenvalue weighted by Gasteiger charge is -2.25. The maximum atomic E-state index is 13.2. The zero-order valence-corrected chi connectivity index (χ0v) is 23.6. The zero-order chi connectivity index (χ0) is 29.0. The summed E-state index contributed by atoms with van der Waals surface area (Å²) in [6.07, 6.45) is 1.28. The van der Waals surface area contributed by atoms with Crippen LogP contribution in [0.2, 0.25) is 0 Å². The second kappa shape index (κ2) is 9.85. The van der Waals surface area contributed by atoms with E-state index in [1.165, 1.54) is 0 Å². The first-order valence-corrected chi connectivity index (χ1v) is 14.5. The largest absolute Gasteiger partial charge is 0.484 e. The van der Waals surface area contributed by atoms with Gasteiger partial charge in [-0.05, 0) is 64.9 Å². The lowest BCUT2D eigenvalue weighted by molar-refractivity contribution is 0.102. The van der Waals surface area contributed by atoms with E-state index in [0.29, 0.717) is 30.0 Å². The fourth-order valence-electron chi connectivity index (χ4n) is 6.39. The topological polar surface area (TPSA) is 64.4 Å². The average molecular weight is 561 g/mol. The van der Waals surface area contributed by atoms with Crippen LogP contribution in [0.3, 0.4) is 0 Å². The summed E-state index contributed by atoms with van der Waals surface area (Å²) in [5.74, 6) is 1.16. The number of carbonyl (C=O) groups is 1. The lowest BCUT2D eigenvalue weighted by Crippen LogP contribution is -2.33. The van der Waals surface area contributed by atoms with Crippen molar-refractivity contribution in [3.8, 4) is 17.2 Å². The number of rotatable bonds is 5. The van der Waals surface area contributed by atoms with Crippen LogP contribution in [0.4, 0.5) is 5.69 Å². The van der Waals surface area contributed by atoms with Crippen LogP contribution in [0, 0.1) is 0 Å². The summed E-state index contributed by atoms with van der Waals surface area (Å²) < 4.78 is 13.4. The molecule has 1 aromatic heterocycles. The van der Waals surface area contributed by atoms with Crippen molar-refractivity contribution in [1.29, 1.82) is 0 Å². The highest BCUT2D eigenvalue weighted by Crippen LogP contribution is 2.47. The summed E-state index contributed by atoms with van der Waals surface area (Å²) in [5, 5.41) is 7.56. The number of hydrogen-bond donors (Lipinski definition) is 1. The molecule has 0 aliphatic carbocycles. The number of nitrogens with zero attached hydrogens (tertiary/aromatic N) is 1. The Morgan fingerprint density at radius 3 is 2.23 bits per heavy atom. The molecule has 1 atom stereocenters. The second-order valence-electron chi connectivity index (χ2n) is 11.5. The molecule has 0 radical (unpaired) electrons. The molecule has 0 saturated heterocycles. The van der Waals surface area contributed by atoms with Crippen LogP contribution in [0.1, 0.15) is 28.4 Å². The van der Waals surface area contributed by atoms with Crippen molar-refractivity contribution in [1.82, 2.24) is 4.98 Å². The summed E-state index contributed by atoms with van der Waals surface area (Å²) in [4.78, 5) is 18.1. The predicted octanol–water partition coefficient (Wildman–Crippen LogP) is 8.99. The van der Waals surface area contributed by atoms with Gasteiger partial charge in [0.2, 0.25) is 5.89 Å². The standard InChI is InChI=1S/C38H28N2O3/c1-38(22-30-28-18-10-8-16-26(28)20-32-34(30)42-37(40-32)25-14-6-3-7-15-25)23-31-29-19-11-9-17-27(29)21-33(35(31)43-38)39-36(41)24-12-4-2-5-13-24/h2-21H,22-23H2,1H3,(H,39,41). The van der Waals surface area contributed by atoms with Gasteiger partial charge in [0.1, 0.15) is 16.9 Å². The van der Waals surface area contributed by atoms with E-state index in [4.69, 9.17) is 14.1 Å². The van der Waals surface area contributed by atoms with Gasteiger partial charge in [-0.2, -0.15) is 0 Å². The molecule has 208 valence electrons. The smallest absolute Gasteiger partial charge is 0.255 e. The molecule has 1 amide bonds. The van der Waals surface area contributed by atoms with Gasteiger partial charge in [0.25, 0.3) is 5.91 Å². The number of ether oxygens (including phenoxy) is 1. The highest BCUT2D eigenvalue weighted by Gasteiger charge is 2.39. The van der Waals surface area contributed by atoms with Crippen molar-refractivity contribution in [2.24, 2.45) is 0 Å². The van der Waals surface area contributed by atoms with E-state index in [1.54, 1.807) is 0 Å². The van der Waals surface area contributed by atoms with Crippen molar-refractivity contribution in [3.63, 3.8) is 0 Å². The molecule has 0 bridgehead atoms.